The molecule has 2 heteroatoms. The molecular formula is C9H14N2. The van der Waals surface area contributed by atoms with Crippen molar-refractivity contribution in [2.24, 2.45) is 9.98 Å². The van der Waals surface area contributed by atoms with Crippen LogP contribution in [-0.4, -0.2) is 18.5 Å². The zero-order valence-electron chi connectivity index (χ0n) is 7.12. The van der Waals surface area contributed by atoms with Crippen molar-refractivity contribution in [2.45, 2.75) is 13.8 Å². The molecule has 60 valence electrons. The molecule has 2 nitrogen and oxygen atoms in total. The minimum Gasteiger partial charge on any atom is -0.287 e. The van der Waals surface area contributed by atoms with Crippen molar-refractivity contribution in [1.82, 2.24) is 0 Å². The van der Waals surface area contributed by atoms with Crippen molar-refractivity contribution in [1.29, 1.82) is 0 Å². The molecule has 0 aliphatic heterocycles. The predicted molar refractivity (Wildman–Crippen MR) is 51.5 cm³/mol. The lowest BCUT2D eigenvalue weighted by Gasteiger charge is -1.89. The van der Waals surface area contributed by atoms with Gasteiger partial charge in [0.25, 0.3) is 0 Å². The molecule has 0 N–H and O–H groups in total. The van der Waals surface area contributed by atoms with E-state index in [1.165, 1.54) is 6.20 Å². The molecule has 0 saturated carbocycles. The summed E-state index contributed by atoms with van der Waals surface area (Å²) in [5, 5.41) is 0. The number of hydrogen-bond donors (Lipinski definition) is 0. The second kappa shape index (κ2) is 6.93. The van der Waals surface area contributed by atoms with E-state index in [4.69, 9.17) is 0 Å². The molecule has 0 rings (SSSR count). The van der Waals surface area contributed by atoms with Gasteiger partial charge in [0.1, 0.15) is 0 Å². The van der Waals surface area contributed by atoms with Crippen molar-refractivity contribution < 1.29 is 0 Å². The summed E-state index contributed by atoms with van der Waals surface area (Å²) in [7, 11) is 0. The van der Waals surface area contributed by atoms with Crippen LogP contribution in [0.15, 0.2) is 34.9 Å². The molecule has 0 fully saturated rings. The Bertz CT molecular complexity index is 188. The lowest BCUT2D eigenvalue weighted by molar-refractivity contribution is 1.28. The van der Waals surface area contributed by atoms with E-state index < -0.39 is 0 Å². The molecule has 0 heterocycles. The molecule has 0 radical (unpaired) electrons. The molecular weight excluding hydrogens is 136 g/mol. The summed E-state index contributed by atoms with van der Waals surface area (Å²) in [6.07, 6.45) is 7.12. The fourth-order valence-corrected chi connectivity index (χ4v) is 0.528. The van der Waals surface area contributed by atoms with Crippen molar-refractivity contribution in [3.05, 3.63) is 24.9 Å². The molecule has 0 spiro atoms. The van der Waals surface area contributed by atoms with Crippen molar-refractivity contribution in [2.75, 3.05) is 6.54 Å². The Morgan fingerprint density at radius 3 is 2.82 bits per heavy atom. The summed E-state index contributed by atoms with van der Waals surface area (Å²) < 4.78 is 0. The average molecular weight is 150 g/mol. The molecule has 0 bridgehead atoms. The number of hydrogen-bond acceptors (Lipinski definition) is 2. The summed E-state index contributed by atoms with van der Waals surface area (Å²) in [5.74, 6) is 0. The topological polar surface area (TPSA) is 24.7 Å². The van der Waals surface area contributed by atoms with Crippen molar-refractivity contribution >= 4 is 11.9 Å². The Labute approximate surface area is 68.1 Å². The van der Waals surface area contributed by atoms with Crippen LogP contribution < -0.4 is 0 Å². The van der Waals surface area contributed by atoms with E-state index >= 15 is 0 Å². The largest absolute Gasteiger partial charge is 0.287 e. The van der Waals surface area contributed by atoms with Crippen LogP contribution in [0, 0.1) is 0 Å². The molecule has 0 aromatic carbocycles. The quantitative estimate of drug-likeness (QED) is 0.549. The Balaban J connectivity index is 3.69. The second-order valence-electron chi connectivity index (χ2n) is 2.06. The zero-order valence-corrected chi connectivity index (χ0v) is 7.12. The van der Waals surface area contributed by atoms with E-state index in [-0.39, 0.29) is 0 Å². The van der Waals surface area contributed by atoms with Crippen molar-refractivity contribution in [3.8, 4) is 0 Å². The zero-order chi connectivity index (χ0) is 8.53. The van der Waals surface area contributed by atoms with Gasteiger partial charge in [-0.3, -0.25) is 9.98 Å². The van der Waals surface area contributed by atoms with Gasteiger partial charge in [-0.25, -0.2) is 0 Å². The van der Waals surface area contributed by atoms with E-state index in [1.54, 1.807) is 6.21 Å². The number of nitrogens with zero attached hydrogens (tertiary/aromatic N) is 2. The maximum Gasteiger partial charge on any atom is 0.0769 e. The standard InChI is InChI=1S/C9H14N2/c1-4-6-7-10-8-9(3)11-5-2/h4-7H,2,8H2,1,3H3/b6-4-,10-7?,11-9?. The van der Waals surface area contributed by atoms with Crippen LogP contribution in [0.2, 0.25) is 0 Å². The highest BCUT2D eigenvalue weighted by Crippen LogP contribution is 1.79. The van der Waals surface area contributed by atoms with Crippen LogP contribution in [0.1, 0.15) is 13.8 Å². The van der Waals surface area contributed by atoms with Gasteiger partial charge in [-0.15, -0.1) is 0 Å². The van der Waals surface area contributed by atoms with Crippen LogP contribution >= 0.6 is 0 Å². The molecule has 0 aliphatic carbocycles. The predicted octanol–water partition coefficient (Wildman–Crippen LogP) is 2.24. The molecule has 11 heavy (non-hydrogen) atoms. The van der Waals surface area contributed by atoms with Gasteiger partial charge in [0.05, 0.1) is 6.54 Å². The maximum absolute atomic E-state index is 4.09. The van der Waals surface area contributed by atoms with Crippen LogP contribution in [0.3, 0.4) is 0 Å². The third-order valence-electron chi connectivity index (χ3n) is 1.02. The molecule has 0 aromatic heterocycles. The van der Waals surface area contributed by atoms with E-state index in [0.717, 1.165) is 5.71 Å². The fraction of sp³-hybridized carbons (Fsp3) is 0.333. The van der Waals surface area contributed by atoms with E-state index in [2.05, 4.69) is 16.6 Å². The van der Waals surface area contributed by atoms with E-state index in [1.807, 2.05) is 26.0 Å². The third-order valence-corrected chi connectivity index (χ3v) is 1.02. The van der Waals surface area contributed by atoms with Crippen LogP contribution in [0.5, 0.6) is 0 Å². The first-order valence-corrected chi connectivity index (χ1v) is 3.56. The van der Waals surface area contributed by atoms with E-state index in [0.29, 0.717) is 6.54 Å². The first-order valence-electron chi connectivity index (χ1n) is 3.56. The average Bonchev–Trinajstić information content (AvgIpc) is 1.99. The smallest absolute Gasteiger partial charge is 0.0769 e. The van der Waals surface area contributed by atoms with Gasteiger partial charge in [0, 0.05) is 18.1 Å². The monoisotopic (exact) mass is 150 g/mol. The highest BCUT2D eigenvalue weighted by Gasteiger charge is 1.82. The Kier molecular flexibility index (Phi) is 6.19. The summed E-state index contributed by atoms with van der Waals surface area (Å²) in [5.41, 5.74) is 0.973. The molecule has 0 unspecified atom stereocenters. The molecule has 0 aromatic rings. The van der Waals surface area contributed by atoms with Gasteiger partial charge < -0.3 is 0 Å². The van der Waals surface area contributed by atoms with Gasteiger partial charge in [-0.05, 0) is 19.9 Å². The van der Waals surface area contributed by atoms with Gasteiger partial charge >= 0.3 is 0 Å². The summed E-state index contributed by atoms with van der Waals surface area (Å²) in [6, 6.07) is 0. The Morgan fingerprint density at radius 1 is 1.55 bits per heavy atom. The highest BCUT2D eigenvalue weighted by molar-refractivity contribution is 5.86. The van der Waals surface area contributed by atoms with Crippen LogP contribution in [0.25, 0.3) is 0 Å². The van der Waals surface area contributed by atoms with Crippen LogP contribution in [0.4, 0.5) is 0 Å². The van der Waals surface area contributed by atoms with Gasteiger partial charge in [-0.2, -0.15) is 0 Å². The first kappa shape index (κ1) is 9.82. The molecule has 0 saturated heterocycles. The fourth-order valence-electron chi connectivity index (χ4n) is 0.528. The molecule has 0 atom stereocenters. The summed E-state index contributed by atoms with van der Waals surface area (Å²) in [6.45, 7) is 8.02. The normalized spacial score (nSPS) is 13.1. The SMILES string of the molecule is C=CN=C(C)CN=C/C=C\C. The maximum atomic E-state index is 4.09. The minimum atomic E-state index is 0.649. The first-order chi connectivity index (χ1) is 5.31. The molecule has 0 aliphatic rings. The number of rotatable bonds is 4. The summed E-state index contributed by atoms with van der Waals surface area (Å²) >= 11 is 0. The molecule has 0 amide bonds. The van der Waals surface area contributed by atoms with Crippen molar-refractivity contribution in [3.63, 3.8) is 0 Å². The Morgan fingerprint density at radius 2 is 2.27 bits per heavy atom. The lowest BCUT2D eigenvalue weighted by Crippen LogP contribution is -1.94. The minimum absolute atomic E-state index is 0.649. The summed E-state index contributed by atoms with van der Waals surface area (Å²) in [4.78, 5) is 8.05. The Hall–Kier alpha value is -1.18. The van der Waals surface area contributed by atoms with Gasteiger partial charge in [-0.1, -0.05) is 12.7 Å². The van der Waals surface area contributed by atoms with Gasteiger partial charge in [0.2, 0.25) is 0 Å². The second-order valence-corrected chi connectivity index (χ2v) is 2.06. The van der Waals surface area contributed by atoms with Crippen LogP contribution in [-0.2, 0) is 0 Å². The number of aliphatic imine (C=N–C) groups is 2. The highest BCUT2D eigenvalue weighted by atomic mass is 14.8. The third kappa shape index (κ3) is 6.71. The number of allylic oxidation sites excluding steroid dienone is 2. The van der Waals surface area contributed by atoms with E-state index in [9.17, 15) is 0 Å². The lowest BCUT2D eigenvalue weighted by atomic mass is 10.4. The van der Waals surface area contributed by atoms with Gasteiger partial charge in [0.15, 0.2) is 0 Å².